The highest BCUT2D eigenvalue weighted by Gasteiger charge is 2.38. The van der Waals surface area contributed by atoms with E-state index >= 15 is 0 Å². The molecule has 6 nitrogen and oxygen atoms in total. The number of hydrogen-bond acceptors (Lipinski definition) is 5. The van der Waals surface area contributed by atoms with Crippen molar-refractivity contribution >= 4 is 32.2 Å². The minimum absolute atomic E-state index is 0.0719. The second-order valence-corrected chi connectivity index (χ2v) is 6.83. The molecule has 22 heavy (non-hydrogen) atoms. The third-order valence-corrected chi connectivity index (χ3v) is 4.59. The first-order chi connectivity index (χ1) is 10.3. The Balaban J connectivity index is 2.04. The quantitative estimate of drug-likeness (QED) is 0.736. The van der Waals surface area contributed by atoms with E-state index in [1.807, 2.05) is 0 Å². The zero-order valence-electron chi connectivity index (χ0n) is 11.4. The summed E-state index contributed by atoms with van der Waals surface area (Å²) in [5.41, 5.74) is 1.35. The van der Waals surface area contributed by atoms with E-state index in [0.717, 1.165) is 23.5 Å². The molecular formula is C11H10BrF3N6S. The maximum absolute atomic E-state index is 12.8. The fourth-order valence-corrected chi connectivity index (χ4v) is 3.43. The van der Waals surface area contributed by atoms with Crippen LogP contribution < -0.4 is 0 Å². The lowest BCUT2D eigenvalue weighted by molar-refractivity contribution is -0.146. The van der Waals surface area contributed by atoms with Gasteiger partial charge in [0.25, 0.3) is 5.82 Å². The van der Waals surface area contributed by atoms with Crippen LogP contribution in [0.2, 0.25) is 0 Å². The predicted octanol–water partition coefficient (Wildman–Crippen LogP) is 3.56. The Hall–Kier alpha value is -1.49. The first-order valence-corrected chi connectivity index (χ1v) is 7.91. The molecule has 0 aliphatic heterocycles. The maximum Gasteiger partial charge on any atom is 0.453 e. The van der Waals surface area contributed by atoms with Gasteiger partial charge in [0.15, 0.2) is 5.01 Å². The van der Waals surface area contributed by atoms with E-state index < -0.39 is 12.0 Å². The summed E-state index contributed by atoms with van der Waals surface area (Å²) in [5, 5.41) is 17.9. The molecule has 0 amide bonds. The Bertz CT molecular complexity index is 818. The van der Waals surface area contributed by atoms with Crippen molar-refractivity contribution < 1.29 is 13.2 Å². The second-order valence-electron chi connectivity index (χ2n) is 5.09. The van der Waals surface area contributed by atoms with Gasteiger partial charge in [0.05, 0.1) is 10.2 Å². The van der Waals surface area contributed by atoms with E-state index in [1.54, 1.807) is 0 Å². The van der Waals surface area contributed by atoms with Crippen molar-refractivity contribution in [1.29, 1.82) is 0 Å². The number of alkyl halides is 3. The van der Waals surface area contributed by atoms with Gasteiger partial charge in [-0.25, -0.2) is 0 Å². The fraction of sp³-hybridized carbons (Fsp3) is 0.455. The fourth-order valence-electron chi connectivity index (χ4n) is 1.94. The van der Waals surface area contributed by atoms with Crippen molar-refractivity contribution in [3.05, 3.63) is 16.0 Å². The molecular weight excluding hydrogens is 385 g/mol. The Morgan fingerprint density at radius 3 is 2.68 bits per heavy atom. The van der Waals surface area contributed by atoms with Crippen LogP contribution in [0.1, 0.15) is 25.4 Å². The Labute approximate surface area is 134 Å². The molecule has 0 aromatic carbocycles. The molecule has 0 aliphatic rings. The van der Waals surface area contributed by atoms with E-state index in [9.17, 15) is 13.2 Å². The van der Waals surface area contributed by atoms with E-state index in [-0.39, 0.29) is 4.96 Å². The number of fused-ring (bicyclic) bond motifs is 1. The number of aromatic nitrogens is 6. The largest absolute Gasteiger partial charge is 0.453 e. The molecule has 11 heteroatoms. The summed E-state index contributed by atoms with van der Waals surface area (Å²) in [7, 11) is 0. The van der Waals surface area contributed by atoms with Crippen molar-refractivity contribution in [2.24, 2.45) is 5.92 Å². The van der Waals surface area contributed by atoms with E-state index in [4.69, 9.17) is 0 Å². The van der Waals surface area contributed by atoms with Crippen LogP contribution in [0.25, 0.3) is 15.7 Å². The van der Waals surface area contributed by atoms with Crippen LogP contribution in [0.5, 0.6) is 0 Å². The van der Waals surface area contributed by atoms with Crippen LogP contribution in [-0.2, 0) is 12.6 Å². The molecule has 0 aliphatic carbocycles. The van der Waals surface area contributed by atoms with Gasteiger partial charge in [-0.2, -0.15) is 27.9 Å². The van der Waals surface area contributed by atoms with Crippen LogP contribution in [-0.4, -0.2) is 30.0 Å². The molecule has 0 spiro atoms. The zero-order chi connectivity index (χ0) is 16.1. The van der Waals surface area contributed by atoms with Crippen molar-refractivity contribution in [2.45, 2.75) is 26.4 Å². The molecule has 0 unspecified atom stereocenters. The lowest BCUT2D eigenvalue weighted by Crippen LogP contribution is -2.11. The smallest absolute Gasteiger partial charge is 0.281 e. The topological polar surface area (TPSA) is 71.8 Å². The normalized spacial score (nSPS) is 12.7. The Morgan fingerprint density at radius 1 is 1.32 bits per heavy atom. The van der Waals surface area contributed by atoms with Gasteiger partial charge >= 0.3 is 6.18 Å². The molecule has 0 saturated carbocycles. The molecule has 3 aromatic rings. The minimum atomic E-state index is -4.60. The van der Waals surface area contributed by atoms with Crippen LogP contribution in [0, 0.1) is 5.92 Å². The monoisotopic (exact) mass is 394 g/mol. The lowest BCUT2D eigenvalue weighted by atomic mass is 10.1. The Kier molecular flexibility index (Phi) is 3.71. The summed E-state index contributed by atoms with van der Waals surface area (Å²) in [5.74, 6) is -0.724. The van der Waals surface area contributed by atoms with Crippen LogP contribution in [0.3, 0.4) is 0 Å². The van der Waals surface area contributed by atoms with E-state index in [2.05, 4.69) is 55.3 Å². The lowest BCUT2D eigenvalue weighted by Gasteiger charge is -2.01. The molecule has 0 radical (unpaired) electrons. The molecule has 3 aromatic heterocycles. The van der Waals surface area contributed by atoms with Crippen molar-refractivity contribution in [1.82, 2.24) is 30.0 Å². The summed E-state index contributed by atoms with van der Waals surface area (Å²) in [6.07, 6.45) is -3.83. The zero-order valence-corrected chi connectivity index (χ0v) is 13.8. The summed E-state index contributed by atoms with van der Waals surface area (Å²) in [6, 6.07) is 0. The van der Waals surface area contributed by atoms with Gasteiger partial charge in [0.2, 0.25) is 4.96 Å². The number of halogens is 4. The van der Waals surface area contributed by atoms with Crippen molar-refractivity contribution in [3.8, 4) is 10.7 Å². The molecule has 3 rings (SSSR count). The van der Waals surface area contributed by atoms with Crippen LogP contribution in [0.15, 0.2) is 4.47 Å². The average molecular weight is 395 g/mol. The van der Waals surface area contributed by atoms with E-state index in [1.165, 1.54) is 0 Å². The minimum Gasteiger partial charge on any atom is -0.281 e. The highest BCUT2D eigenvalue weighted by molar-refractivity contribution is 9.10. The van der Waals surface area contributed by atoms with Gasteiger partial charge in [-0.3, -0.25) is 5.10 Å². The number of hydrogen-bond donors (Lipinski definition) is 1. The number of rotatable bonds is 3. The van der Waals surface area contributed by atoms with E-state index in [0.29, 0.717) is 25.6 Å². The highest BCUT2D eigenvalue weighted by atomic mass is 79.9. The average Bonchev–Trinajstić information content (AvgIpc) is 3.02. The first kappa shape index (κ1) is 15.4. The van der Waals surface area contributed by atoms with Gasteiger partial charge in [-0.1, -0.05) is 25.2 Å². The van der Waals surface area contributed by atoms with Crippen molar-refractivity contribution in [2.75, 3.05) is 0 Å². The number of H-pyrrole nitrogens is 1. The standard InChI is InChI=1S/C11H10BrF3N6S/c1-4(2)3-5-6(12)7(17-16-5)8-20-21-9(11(13,14)15)18-19-10(21)22-8/h4H,3H2,1-2H3,(H,16,17). The number of nitrogens with one attached hydrogen (secondary N) is 1. The second kappa shape index (κ2) is 5.30. The molecule has 3 heterocycles. The number of nitrogens with zero attached hydrogens (tertiary/aromatic N) is 5. The first-order valence-electron chi connectivity index (χ1n) is 6.30. The molecule has 0 fully saturated rings. The van der Waals surface area contributed by atoms with Gasteiger partial charge in [-0.15, -0.1) is 10.2 Å². The number of aromatic amines is 1. The van der Waals surface area contributed by atoms with Gasteiger partial charge in [0.1, 0.15) is 5.69 Å². The van der Waals surface area contributed by atoms with Gasteiger partial charge < -0.3 is 0 Å². The highest BCUT2D eigenvalue weighted by Crippen LogP contribution is 2.35. The van der Waals surface area contributed by atoms with Gasteiger partial charge in [-0.05, 0) is 28.3 Å². The summed E-state index contributed by atoms with van der Waals surface area (Å²) < 4.78 is 39.8. The van der Waals surface area contributed by atoms with Crippen LogP contribution in [0.4, 0.5) is 13.2 Å². The third kappa shape index (κ3) is 2.62. The Morgan fingerprint density at radius 2 is 2.05 bits per heavy atom. The molecule has 0 atom stereocenters. The third-order valence-electron chi connectivity index (χ3n) is 2.83. The van der Waals surface area contributed by atoms with Gasteiger partial charge in [0, 0.05) is 0 Å². The summed E-state index contributed by atoms with van der Waals surface area (Å²) in [6.45, 7) is 4.12. The molecule has 0 bridgehead atoms. The maximum atomic E-state index is 12.8. The molecule has 118 valence electrons. The predicted molar refractivity (Wildman–Crippen MR) is 77.5 cm³/mol. The van der Waals surface area contributed by atoms with Crippen LogP contribution >= 0.6 is 27.3 Å². The summed E-state index contributed by atoms with van der Waals surface area (Å²) in [4.78, 5) is 0.0719. The van der Waals surface area contributed by atoms with Crippen molar-refractivity contribution in [3.63, 3.8) is 0 Å². The summed E-state index contributed by atoms with van der Waals surface area (Å²) >= 11 is 4.42. The molecule has 0 saturated heterocycles. The SMILES string of the molecule is CC(C)Cc1[nH]nc(-c2nn3c(C(F)(F)F)nnc3s2)c1Br. The molecule has 1 N–H and O–H groups in total.